The van der Waals surface area contributed by atoms with Gasteiger partial charge >= 0.3 is 6.03 Å². The first-order valence-electron chi connectivity index (χ1n) is 8.17. The second-order valence-corrected chi connectivity index (χ2v) is 6.72. The first-order valence-corrected chi connectivity index (χ1v) is 9.05. The number of anilines is 1. The van der Waals surface area contributed by atoms with Crippen molar-refractivity contribution in [2.75, 3.05) is 5.32 Å². The Morgan fingerprint density at radius 1 is 0.962 bits per heavy atom. The summed E-state index contributed by atoms with van der Waals surface area (Å²) in [5, 5.41) is 7.48. The van der Waals surface area contributed by atoms with Crippen LogP contribution in [0.2, 0.25) is 0 Å². The number of hydrogen-bond acceptors (Lipinski definition) is 3. The van der Waals surface area contributed by atoms with E-state index in [4.69, 9.17) is 5.73 Å². The van der Waals surface area contributed by atoms with Gasteiger partial charge in [0.25, 0.3) is 0 Å². The van der Waals surface area contributed by atoms with E-state index in [2.05, 4.69) is 10.6 Å². The average molecular weight is 365 g/mol. The molecule has 1 heterocycles. The van der Waals surface area contributed by atoms with E-state index >= 15 is 0 Å². The zero-order valence-electron chi connectivity index (χ0n) is 14.0. The van der Waals surface area contributed by atoms with Gasteiger partial charge in [-0.2, -0.15) is 0 Å². The summed E-state index contributed by atoms with van der Waals surface area (Å²) < 4.78 is 0. The Kier molecular flexibility index (Phi) is 5.66. The van der Waals surface area contributed by atoms with Crippen molar-refractivity contribution in [3.05, 3.63) is 77.0 Å². The zero-order chi connectivity index (χ0) is 18.4. The molecule has 0 saturated carbocycles. The number of primary amides is 1. The first kappa shape index (κ1) is 17.7. The number of nitrogens with two attached hydrogens (primary N) is 1. The summed E-state index contributed by atoms with van der Waals surface area (Å²) >= 11 is 1.47. The molecule has 0 aliphatic carbocycles. The normalized spacial score (nSPS) is 11.5. The van der Waals surface area contributed by atoms with Crippen LogP contribution in [0.1, 0.15) is 17.3 Å². The molecule has 6 heteroatoms. The minimum absolute atomic E-state index is 0.104. The zero-order valence-corrected chi connectivity index (χ0v) is 14.8. The van der Waals surface area contributed by atoms with E-state index in [-0.39, 0.29) is 12.3 Å². The maximum Gasteiger partial charge on any atom is 0.312 e. The SMILES string of the molecule is NC(=O)N[C@@H](CC(=O)Nc1ccccc1-c1ccccc1)c1cccs1. The molecule has 0 saturated heterocycles. The summed E-state index contributed by atoms with van der Waals surface area (Å²) in [4.78, 5) is 24.7. The van der Waals surface area contributed by atoms with E-state index in [1.54, 1.807) is 0 Å². The van der Waals surface area contributed by atoms with Crippen LogP contribution < -0.4 is 16.4 Å². The van der Waals surface area contributed by atoms with Gasteiger partial charge in [-0.1, -0.05) is 54.6 Å². The van der Waals surface area contributed by atoms with Gasteiger partial charge in [-0.15, -0.1) is 11.3 Å². The molecule has 3 rings (SSSR count). The second kappa shape index (κ2) is 8.31. The predicted octanol–water partition coefficient (Wildman–Crippen LogP) is 4.15. The molecule has 3 amide bonds. The summed E-state index contributed by atoms with van der Waals surface area (Å²) in [6, 6.07) is 20.1. The number of thiophene rings is 1. The quantitative estimate of drug-likeness (QED) is 0.613. The smallest absolute Gasteiger partial charge is 0.312 e. The Hall–Kier alpha value is -3.12. The highest BCUT2D eigenvalue weighted by molar-refractivity contribution is 7.10. The monoisotopic (exact) mass is 365 g/mol. The number of benzene rings is 2. The molecule has 0 unspecified atom stereocenters. The van der Waals surface area contributed by atoms with Crippen molar-refractivity contribution in [3.63, 3.8) is 0 Å². The van der Waals surface area contributed by atoms with Crippen LogP contribution in [0.15, 0.2) is 72.1 Å². The molecule has 0 spiro atoms. The fourth-order valence-corrected chi connectivity index (χ4v) is 3.51. The van der Waals surface area contributed by atoms with Crippen molar-refractivity contribution in [1.29, 1.82) is 0 Å². The van der Waals surface area contributed by atoms with Crippen molar-refractivity contribution in [2.24, 2.45) is 5.73 Å². The standard InChI is InChI=1S/C20H19N3O2S/c21-20(25)23-17(18-11-6-12-26-18)13-19(24)22-16-10-5-4-9-15(16)14-7-2-1-3-8-14/h1-12,17H,13H2,(H,22,24)(H3,21,23,25)/t17-/m0/s1. The molecule has 26 heavy (non-hydrogen) atoms. The fraction of sp³-hybridized carbons (Fsp3) is 0.100. The molecule has 0 fully saturated rings. The molecule has 2 aromatic carbocycles. The van der Waals surface area contributed by atoms with Gasteiger partial charge in [0.1, 0.15) is 0 Å². The highest BCUT2D eigenvalue weighted by atomic mass is 32.1. The van der Waals surface area contributed by atoms with Crippen LogP contribution in [0.3, 0.4) is 0 Å². The van der Waals surface area contributed by atoms with Gasteiger partial charge in [0.2, 0.25) is 5.91 Å². The molecule has 132 valence electrons. The molecule has 5 nitrogen and oxygen atoms in total. The van der Waals surface area contributed by atoms with Crippen LogP contribution in [0, 0.1) is 0 Å². The highest BCUT2D eigenvalue weighted by Crippen LogP contribution is 2.28. The van der Waals surface area contributed by atoms with Gasteiger partial charge < -0.3 is 16.4 Å². The summed E-state index contributed by atoms with van der Waals surface area (Å²) in [5.41, 5.74) is 7.94. The molecular weight excluding hydrogens is 346 g/mol. The summed E-state index contributed by atoms with van der Waals surface area (Å²) in [6.45, 7) is 0. The maximum absolute atomic E-state index is 12.6. The Morgan fingerprint density at radius 3 is 2.38 bits per heavy atom. The molecule has 0 radical (unpaired) electrons. The number of para-hydroxylation sites is 1. The lowest BCUT2D eigenvalue weighted by Gasteiger charge is -2.17. The van der Waals surface area contributed by atoms with Crippen LogP contribution in [0.4, 0.5) is 10.5 Å². The Morgan fingerprint density at radius 2 is 1.69 bits per heavy atom. The number of carbonyl (C=O) groups excluding carboxylic acids is 2. The number of amides is 3. The maximum atomic E-state index is 12.6. The van der Waals surface area contributed by atoms with Crippen molar-refractivity contribution >= 4 is 29.0 Å². The fourth-order valence-electron chi connectivity index (χ4n) is 2.73. The molecular formula is C20H19N3O2S. The van der Waals surface area contributed by atoms with Crippen LogP contribution in [0.25, 0.3) is 11.1 Å². The third kappa shape index (κ3) is 4.49. The summed E-state index contributed by atoms with van der Waals surface area (Å²) in [5.74, 6) is -0.194. The Balaban J connectivity index is 1.77. The molecule has 0 bridgehead atoms. The Labute approximate surface area is 155 Å². The van der Waals surface area contributed by atoms with E-state index < -0.39 is 12.1 Å². The first-order chi connectivity index (χ1) is 12.6. The van der Waals surface area contributed by atoms with Crippen LogP contribution in [-0.2, 0) is 4.79 Å². The van der Waals surface area contributed by atoms with Crippen molar-refractivity contribution in [1.82, 2.24) is 5.32 Å². The third-order valence-corrected chi connectivity index (χ3v) is 4.86. The van der Waals surface area contributed by atoms with Crippen LogP contribution in [-0.4, -0.2) is 11.9 Å². The van der Waals surface area contributed by atoms with Crippen molar-refractivity contribution in [2.45, 2.75) is 12.5 Å². The molecule has 3 aromatic rings. The number of urea groups is 1. The van der Waals surface area contributed by atoms with Crippen molar-refractivity contribution in [3.8, 4) is 11.1 Å². The van der Waals surface area contributed by atoms with Crippen LogP contribution in [0.5, 0.6) is 0 Å². The van der Waals surface area contributed by atoms with Gasteiger partial charge in [-0.3, -0.25) is 4.79 Å². The van der Waals surface area contributed by atoms with E-state index in [0.29, 0.717) is 0 Å². The molecule has 0 aliphatic heterocycles. The third-order valence-electron chi connectivity index (χ3n) is 3.88. The van der Waals surface area contributed by atoms with Crippen molar-refractivity contribution < 1.29 is 9.59 Å². The topological polar surface area (TPSA) is 84.2 Å². The van der Waals surface area contributed by atoms with Crippen LogP contribution >= 0.6 is 11.3 Å². The lowest BCUT2D eigenvalue weighted by molar-refractivity contribution is -0.116. The van der Waals surface area contributed by atoms with E-state index in [1.165, 1.54) is 11.3 Å². The highest BCUT2D eigenvalue weighted by Gasteiger charge is 2.19. The number of rotatable bonds is 6. The second-order valence-electron chi connectivity index (χ2n) is 5.74. The number of hydrogen-bond donors (Lipinski definition) is 3. The minimum atomic E-state index is -0.652. The largest absolute Gasteiger partial charge is 0.352 e. The number of carbonyl (C=O) groups is 2. The van der Waals surface area contributed by atoms with E-state index in [1.807, 2.05) is 72.1 Å². The lowest BCUT2D eigenvalue weighted by Crippen LogP contribution is -2.34. The van der Waals surface area contributed by atoms with Gasteiger partial charge in [0, 0.05) is 16.1 Å². The average Bonchev–Trinajstić information content (AvgIpc) is 3.17. The summed E-state index contributed by atoms with van der Waals surface area (Å²) in [7, 11) is 0. The molecule has 4 N–H and O–H groups in total. The van der Waals surface area contributed by atoms with Gasteiger partial charge in [-0.25, -0.2) is 4.79 Å². The lowest BCUT2D eigenvalue weighted by atomic mass is 10.0. The van der Waals surface area contributed by atoms with Gasteiger partial charge in [-0.05, 0) is 23.1 Å². The Bertz CT molecular complexity index is 879. The van der Waals surface area contributed by atoms with Gasteiger partial charge in [0.15, 0.2) is 0 Å². The molecule has 1 aromatic heterocycles. The van der Waals surface area contributed by atoms with E-state index in [0.717, 1.165) is 21.7 Å². The predicted molar refractivity (Wildman–Crippen MR) is 105 cm³/mol. The summed E-state index contributed by atoms with van der Waals surface area (Å²) in [6.07, 6.45) is 0.104. The minimum Gasteiger partial charge on any atom is -0.352 e. The number of nitrogens with one attached hydrogen (secondary N) is 2. The van der Waals surface area contributed by atoms with E-state index in [9.17, 15) is 9.59 Å². The molecule has 0 aliphatic rings. The van der Waals surface area contributed by atoms with Gasteiger partial charge in [0.05, 0.1) is 12.5 Å². The molecule has 1 atom stereocenters.